The highest BCUT2D eigenvalue weighted by Gasteiger charge is 2.42. The average molecular weight is 355 g/mol. The maximum atomic E-state index is 12.4. The number of carbonyl (C=O) groups is 1. The van der Waals surface area contributed by atoms with E-state index in [2.05, 4.69) is 36.3 Å². The number of nitrogens with zero attached hydrogens (tertiary/aromatic N) is 1. The van der Waals surface area contributed by atoms with Crippen molar-refractivity contribution in [1.82, 2.24) is 10.3 Å². The van der Waals surface area contributed by atoms with E-state index < -0.39 is 0 Å². The zero-order chi connectivity index (χ0) is 17.4. The van der Waals surface area contributed by atoms with E-state index >= 15 is 0 Å². The van der Waals surface area contributed by atoms with Gasteiger partial charge in [0, 0.05) is 11.4 Å². The third-order valence-corrected chi connectivity index (χ3v) is 6.99. The molecule has 2 bridgehead atoms. The van der Waals surface area contributed by atoms with Gasteiger partial charge in [0.25, 0.3) is 0 Å². The molecule has 1 aromatic heterocycles. The van der Waals surface area contributed by atoms with Crippen LogP contribution in [0.5, 0.6) is 0 Å². The maximum Gasteiger partial charge on any atom is 0.230 e. The van der Waals surface area contributed by atoms with Crippen LogP contribution < -0.4 is 5.32 Å². The minimum absolute atomic E-state index is 0.132. The van der Waals surface area contributed by atoms with Gasteiger partial charge in [0.15, 0.2) is 0 Å². The second kappa shape index (κ2) is 6.99. The lowest BCUT2D eigenvalue weighted by atomic mass is 9.84. The molecule has 2 aliphatic rings. The van der Waals surface area contributed by atoms with Crippen molar-refractivity contribution in [2.45, 2.75) is 50.6 Å². The van der Waals surface area contributed by atoms with Crippen molar-refractivity contribution < 1.29 is 4.79 Å². The van der Waals surface area contributed by atoms with Crippen LogP contribution in [0.15, 0.2) is 35.4 Å². The number of thioether (sulfide) groups is 1. The number of rotatable bonds is 5. The average Bonchev–Trinajstić information content (AvgIpc) is 3.23. The third kappa shape index (κ3) is 3.55. The Labute approximate surface area is 154 Å². The molecule has 0 radical (unpaired) electrons. The van der Waals surface area contributed by atoms with Gasteiger partial charge < -0.3 is 5.32 Å². The molecular formula is C21H26N2OS. The van der Waals surface area contributed by atoms with E-state index in [0.717, 1.165) is 22.4 Å². The Morgan fingerprint density at radius 1 is 1.32 bits per heavy atom. The lowest BCUT2D eigenvalue weighted by Crippen LogP contribution is -2.40. The molecule has 2 aromatic rings. The highest BCUT2D eigenvalue weighted by atomic mass is 32.2. The number of aromatic nitrogens is 1. The van der Waals surface area contributed by atoms with E-state index in [4.69, 9.17) is 0 Å². The quantitative estimate of drug-likeness (QED) is 0.799. The summed E-state index contributed by atoms with van der Waals surface area (Å²) < 4.78 is 0. The van der Waals surface area contributed by atoms with E-state index in [1.165, 1.54) is 48.4 Å². The standard InChI is InChI=1S/C21H26N2OS/c1-13-9-21(23-19-6-4-3-5-17(13)19)25-12-20(24)22-14(2)18-11-15-7-8-16(18)10-15/h3-6,9,14-16,18H,7-8,10-12H2,1-2H3,(H,22,24). The number of amides is 1. The van der Waals surface area contributed by atoms with Crippen molar-refractivity contribution >= 4 is 28.6 Å². The van der Waals surface area contributed by atoms with E-state index in [9.17, 15) is 4.79 Å². The fourth-order valence-corrected chi connectivity index (χ4v) is 5.63. The number of para-hydroxylation sites is 1. The summed E-state index contributed by atoms with van der Waals surface area (Å²) in [6, 6.07) is 10.6. The van der Waals surface area contributed by atoms with Crippen molar-refractivity contribution in [3.63, 3.8) is 0 Å². The third-order valence-electron chi connectivity index (χ3n) is 6.07. The lowest BCUT2D eigenvalue weighted by Gasteiger charge is -2.28. The molecule has 2 fully saturated rings. The summed E-state index contributed by atoms with van der Waals surface area (Å²) in [5, 5.41) is 5.35. The first-order valence-corrected chi connectivity index (χ1v) is 10.4. The first-order valence-electron chi connectivity index (χ1n) is 9.38. The summed E-state index contributed by atoms with van der Waals surface area (Å²) in [6.45, 7) is 4.29. The highest BCUT2D eigenvalue weighted by molar-refractivity contribution is 7.99. The summed E-state index contributed by atoms with van der Waals surface area (Å²) >= 11 is 1.53. The number of hydrogen-bond donors (Lipinski definition) is 1. The highest BCUT2D eigenvalue weighted by Crippen LogP contribution is 2.49. The molecule has 25 heavy (non-hydrogen) atoms. The van der Waals surface area contributed by atoms with Gasteiger partial charge in [-0.3, -0.25) is 4.79 Å². The fourth-order valence-electron chi connectivity index (χ4n) is 4.84. The molecule has 4 heteroatoms. The second-order valence-corrected chi connectivity index (χ2v) is 8.77. The van der Waals surface area contributed by atoms with Gasteiger partial charge in [0.05, 0.1) is 16.3 Å². The summed E-state index contributed by atoms with van der Waals surface area (Å²) in [7, 11) is 0. The maximum absolute atomic E-state index is 12.4. The van der Waals surface area contributed by atoms with Crippen molar-refractivity contribution in [2.75, 3.05) is 5.75 Å². The summed E-state index contributed by atoms with van der Waals surface area (Å²) in [4.78, 5) is 17.1. The smallest absolute Gasteiger partial charge is 0.230 e. The first-order chi connectivity index (χ1) is 12.1. The topological polar surface area (TPSA) is 42.0 Å². The van der Waals surface area contributed by atoms with E-state index in [-0.39, 0.29) is 5.91 Å². The molecule has 3 nitrogen and oxygen atoms in total. The van der Waals surface area contributed by atoms with Crippen LogP contribution in [0.1, 0.15) is 38.2 Å². The molecule has 1 aromatic carbocycles. The lowest BCUT2D eigenvalue weighted by molar-refractivity contribution is -0.119. The molecule has 132 valence electrons. The number of hydrogen-bond acceptors (Lipinski definition) is 3. The molecule has 1 amide bonds. The molecule has 1 heterocycles. The molecule has 4 rings (SSSR count). The van der Waals surface area contributed by atoms with Crippen LogP contribution in [0.4, 0.5) is 0 Å². The van der Waals surface area contributed by atoms with Gasteiger partial charge >= 0.3 is 0 Å². The molecule has 0 aliphatic heterocycles. The minimum Gasteiger partial charge on any atom is -0.353 e. The Hall–Kier alpha value is -1.55. The molecular weight excluding hydrogens is 328 g/mol. The SMILES string of the molecule is Cc1cc(SCC(=O)NC(C)C2CC3CCC2C3)nc2ccccc12. The molecule has 1 N–H and O–H groups in total. The Kier molecular flexibility index (Phi) is 4.72. The zero-order valence-electron chi connectivity index (χ0n) is 15.0. The van der Waals surface area contributed by atoms with E-state index in [0.29, 0.717) is 17.7 Å². The van der Waals surface area contributed by atoms with Crippen LogP contribution in [0.2, 0.25) is 0 Å². The minimum atomic E-state index is 0.132. The van der Waals surface area contributed by atoms with Crippen LogP contribution in [0, 0.1) is 24.7 Å². The molecule has 4 atom stereocenters. The van der Waals surface area contributed by atoms with Crippen LogP contribution in [-0.2, 0) is 4.79 Å². The fraction of sp³-hybridized carbons (Fsp3) is 0.524. The Bertz CT molecular complexity index is 791. The largest absolute Gasteiger partial charge is 0.353 e. The van der Waals surface area contributed by atoms with E-state index in [1.807, 2.05) is 18.2 Å². The van der Waals surface area contributed by atoms with Crippen molar-refractivity contribution in [2.24, 2.45) is 17.8 Å². The van der Waals surface area contributed by atoms with Gasteiger partial charge in [-0.2, -0.15) is 0 Å². The zero-order valence-corrected chi connectivity index (χ0v) is 15.8. The molecule has 2 aliphatic carbocycles. The number of carbonyl (C=O) groups excluding carboxylic acids is 1. The predicted octanol–water partition coefficient (Wildman–Crippen LogP) is 4.58. The van der Waals surface area contributed by atoms with Crippen LogP contribution >= 0.6 is 11.8 Å². The summed E-state index contributed by atoms with van der Waals surface area (Å²) in [5.41, 5.74) is 2.21. The number of fused-ring (bicyclic) bond motifs is 3. The van der Waals surface area contributed by atoms with Crippen LogP contribution in [0.25, 0.3) is 10.9 Å². The van der Waals surface area contributed by atoms with Crippen LogP contribution in [0.3, 0.4) is 0 Å². The van der Waals surface area contributed by atoms with Crippen molar-refractivity contribution in [1.29, 1.82) is 0 Å². The van der Waals surface area contributed by atoms with Gasteiger partial charge in [-0.15, -0.1) is 0 Å². The van der Waals surface area contributed by atoms with Crippen molar-refractivity contribution in [3.05, 3.63) is 35.9 Å². The Morgan fingerprint density at radius 3 is 2.92 bits per heavy atom. The van der Waals surface area contributed by atoms with Gasteiger partial charge in [-0.1, -0.05) is 36.4 Å². The Morgan fingerprint density at radius 2 is 2.16 bits per heavy atom. The Balaban J connectivity index is 1.34. The monoisotopic (exact) mass is 354 g/mol. The predicted molar refractivity (Wildman–Crippen MR) is 104 cm³/mol. The van der Waals surface area contributed by atoms with E-state index in [1.54, 1.807) is 0 Å². The van der Waals surface area contributed by atoms with Gasteiger partial charge in [-0.25, -0.2) is 4.98 Å². The number of pyridine rings is 1. The number of benzene rings is 1. The van der Waals surface area contributed by atoms with Crippen LogP contribution in [-0.4, -0.2) is 22.7 Å². The molecule has 2 saturated carbocycles. The molecule has 0 spiro atoms. The normalized spacial score (nSPS) is 26.1. The first kappa shape index (κ1) is 16.9. The number of aryl methyl sites for hydroxylation is 1. The second-order valence-electron chi connectivity index (χ2n) is 7.78. The van der Waals surface area contributed by atoms with Gasteiger partial charge in [-0.05, 0) is 68.6 Å². The number of nitrogens with one attached hydrogen (secondary N) is 1. The molecule has 0 saturated heterocycles. The van der Waals surface area contributed by atoms with Gasteiger partial charge in [0.1, 0.15) is 0 Å². The van der Waals surface area contributed by atoms with Crippen molar-refractivity contribution in [3.8, 4) is 0 Å². The summed E-state index contributed by atoms with van der Waals surface area (Å²) in [5.74, 6) is 3.03. The molecule has 4 unspecified atom stereocenters. The van der Waals surface area contributed by atoms with Gasteiger partial charge in [0.2, 0.25) is 5.91 Å². The summed E-state index contributed by atoms with van der Waals surface area (Å²) in [6.07, 6.45) is 5.47.